The molecule has 0 fully saturated rings. The third kappa shape index (κ3) is 1.19. The van der Waals surface area contributed by atoms with E-state index in [1.54, 1.807) is 10.5 Å². The Morgan fingerprint density at radius 1 is 1.40 bits per heavy atom. The number of hydrogen-bond donors (Lipinski definition) is 0. The van der Waals surface area contributed by atoms with E-state index in [-0.39, 0.29) is 12.7 Å². The molecule has 0 aliphatic heterocycles. The van der Waals surface area contributed by atoms with Crippen molar-refractivity contribution in [2.45, 2.75) is 19.3 Å². The Labute approximate surface area is 88.5 Å². The van der Waals surface area contributed by atoms with Crippen LogP contribution in [0.2, 0.25) is 0 Å². The normalized spacial score (nSPS) is 17.3. The first kappa shape index (κ1) is 8.65. The van der Waals surface area contributed by atoms with Crippen LogP contribution < -0.4 is 0 Å². The Hall–Kier alpha value is -1.64. The van der Waals surface area contributed by atoms with E-state index in [4.69, 9.17) is 0 Å². The summed E-state index contributed by atoms with van der Waals surface area (Å²) in [7, 11) is 0. The molecule has 0 bridgehead atoms. The molecule has 2 aromatic rings. The van der Waals surface area contributed by atoms with Crippen LogP contribution in [0.3, 0.4) is 0 Å². The second kappa shape index (κ2) is 2.48. The van der Waals surface area contributed by atoms with Gasteiger partial charge in [0.1, 0.15) is 0 Å². The highest BCUT2D eigenvalue weighted by molar-refractivity contribution is 5.50. The van der Waals surface area contributed by atoms with Crippen molar-refractivity contribution in [2.75, 3.05) is 0 Å². The van der Waals surface area contributed by atoms with Crippen LogP contribution in [-0.4, -0.2) is 9.38 Å². The standard InChI is InChI=1S/C12H11FN2.H2/c1-8-6-15-7-9(12(2)3-4-12)5-10(13)11(15)14-8;/h3-7H,1-2H3;1H. The highest BCUT2D eigenvalue weighted by Gasteiger charge is 2.31. The quantitative estimate of drug-likeness (QED) is 0.653. The minimum absolute atomic E-state index is 0. The molecule has 0 atom stereocenters. The van der Waals surface area contributed by atoms with Gasteiger partial charge < -0.3 is 4.40 Å². The maximum Gasteiger partial charge on any atom is 0.173 e. The molecule has 0 unspecified atom stereocenters. The Morgan fingerprint density at radius 2 is 2.13 bits per heavy atom. The number of hydrogen-bond acceptors (Lipinski definition) is 1. The van der Waals surface area contributed by atoms with Gasteiger partial charge in [-0.1, -0.05) is 12.2 Å². The molecule has 0 aromatic carbocycles. The number of allylic oxidation sites excluding steroid dienone is 2. The number of pyridine rings is 1. The lowest BCUT2D eigenvalue weighted by atomic mass is 9.98. The molecule has 0 saturated carbocycles. The van der Waals surface area contributed by atoms with Gasteiger partial charge >= 0.3 is 0 Å². The van der Waals surface area contributed by atoms with Gasteiger partial charge in [-0.05, 0) is 25.5 Å². The van der Waals surface area contributed by atoms with E-state index in [1.165, 1.54) is 0 Å². The first-order valence-electron chi connectivity index (χ1n) is 4.94. The molecule has 15 heavy (non-hydrogen) atoms. The van der Waals surface area contributed by atoms with Crippen LogP contribution in [0.5, 0.6) is 0 Å². The molecular weight excluding hydrogens is 191 g/mol. The summed E-state index contributed by atoms with van der Waals surface area (Å²) in [6.07, 6.45) is 7.92. The van der Waals surface area contributed by atoms with E-state index in [1.807, 2.05) is 19.3 Å². The van der Waals surface area contributed by atoms with Gasteiger partial charge in [-0.25, -0.2) is 9.37 Å². The second-order valence-electron chi connectivity index (χ2n) is 4.31. The third-order valence-corrected chi connectivity index (χ3v) is 2.92. The monoisotopic (exact) mass is 204 g/mol. The van der Waals surface area contributed by atoms with E-state index in [0.29, 0.717) is 5.65 Å². The fourth-order valence-corrected chi connectivity index (χ4v) is 1.79. The van der Waals surface area contributed by atoms with Crippen molar-refractivity contribution >= 4 is 5.65 Å². The zero-order chi connectivity index (χ0) is 10.6. The molecule has 0 amide bonds. The first-order valence-corrected chi connectivity index (χ1v) is 4.94. The van der Waals surface area contributed by atoms with Gasteiger partial charge in [0.25, 0.3) is 0 Å². The number of aromatic nitrogens is 2. The lowest BCUT2D eigenvalue weighted by Crippen LogP contribution is -2.05. The summed E-state index contributed by atoms with van der Waals surface area (Å²) in [5.74, 6) is -0.254. The molecule has 0 spiro atoms. The Morgan fingerprint density at radius 3 is 2.80 bits per heavy atom. The van der Waals surface area contributed by atoms with Crippen LogP contribution in [0, 0.1) is 12.7 Å². The largest absolute Gasteiger partial charge is 0.304 e. The SMILES string of the molecule is Cc1cn2cc(C3(C)C=C3)cc(F)c2n1.[HH]. The number of fused-ring (bicyclic) bond motifs is 1. The highest BCUT2D eigenvalue weighted by Crippen LogP contribution is 2.38. The molecule has 1 aliphatic rings. The van der Waals surface area contributed by atoms with Crippen molar-refractivity contribution in [1.29, 1.82) is 0 Å². The van der Waals surface area contributed by atoms with E-state index >= 15 is 0 Å². The predicted octanol–water partition coefficient (Wildman–Crippen LogP) is 2.86. The average Bonchev–Trinajstić information content (AvgIpc) is 2.79. The Balaban J connectivity index is 0.000000963. The smallest absolute Gasteiger partial charge is 0.173 e. The zero-order valence-corrected chi connectivity index (χ0v) is 8.66. The van der Waals surface area contributed by atoms with Crippen LogP contribution in [-0.2, 0) is 5.41 Å². The van der Waals surface area contributed by atoms with Gasteiger partial charge in [-0.3, -0.25) is 0 Å². The molecule has 0 radical (unpaired) electrons. The molecule has 1 aliphatic carbocycles. The van der Waals surface area contributed by atoms with Crippen molar-refractivity contribution in [3.05, 3.63) is 47.7 Å². The van der Waals surface area contributed by atoms with E-state index in [2.05, 4.69) is 24.1 Å². The topological polar surface area (TPSA) is 17.3 Å². The molecule has 78 valence electrons. The van der Waals surface area contributed by atoms with Crippen LogP contribution in [0.4, 0.5) is 4.39 Å². The van der Waals surface area contributed by atoms with Crippen molar-refractivity contribution in [1.82, 2.24) is 9.38 Å². The lowest BCUT2D eigenvalue weighted by Gasteiger charge is -2.10. The number of nitrogens with zero attached hydrogens (tertiary/aromatic N) is 2. The maximum absolute atomic E-state index is 13.7. The zero-order valence-electron chi connectivity index (χ0n) is 8.66. The van der Waals surface area contributed by atoms with Gasteiger partial charge in [-0.15, -0.1) is 0 Å². The summed E-state index contributed by atoms with van der Waals surface area (Å²) in [4.78, 5) is 4.12. The Bertz CT molecular complexity index is 580. The third-order valence-electron chi connectivity index (χ3n) is 2.92. The summed E-state index contributed by atoms with van der Waals surface area (Å²) in [5, 5.41) is 0. The van der Waals surface area contributed by atoms with Gasteiger partial charge in [-0.2, -0.15) is 0 Å². The highest BCUT2D eigenvalue weighted by atomic mass is 19.1. The van der Waals surface area contributed by atoms with E-state index in [0.717, 1.165) is 11.3 Å². The minimum atomic E-state index is -0.254. The van der Waals surface area contributed by atoms with Crippen LogP contribution in [0.25, 0.3) is 5.65 Å². The molecule has 2 heterocycles. The van der Waals surface area contributed by atoms with Crippen molar-refractivity contribution in [3.8, 4) is 0 Å². The van der Waals surface area contributed by atoms with Crippen LogP contribution >= 0.6 is 0 Å². The molecule has 3 heteroatoms. The van der Waals surface area contributed by atoms with Crippen molar-refractivity contribution in [3.63, 3.8) is 0 Å². The van der Waals surface area contributed by atoms with Gasteiger partial charge in [0, 0.05) is 19.2 Å². The fourth-order valence-electron chi connectivity index (χ4n) is 1.79. The molecule has 2 aromatic heterocycles. The number of imidazole rings is 1. The van der Waals surface area contributed by atoms with Crippen molar-refractivity contribution in [2.24, 2.45) is 0 Å². The molecule has 2 nitrogen and oxygen atoms in total. The van der Waals surface area contributed by atoms with Crippen molar-refractivity contribution < 1.29 is 5.82 Å². The summed E-state index contributed by atoms with van der Waals surface area (Å²) >= 11 is 0. The van der Waals surface area contributed by atoms with Gasteiger partial charge in [0.2, 0.25) is 0 Å². The second-order valence-corrected chi connectivity index (χ2v) is 4.31. The Kier molecular flexibility index (Phi) is 1.43. The van der Waals surface area contributed by atoms with E-state index in [9.17, 15) is 4.39 Å². The summed E-state index contributed by atoms with van der Waals surface area (Å²) in [6.45, 7) is 3.93. The molecule has 0 N–H and O–H groups in total. The fraction of sp³-hybridized carbons (Fsp3) is 0.250. The average molecular weight is 204 g/mol. The van der Waals surface area contributed by atoms with Crippen LogP contribution in [0.15, 0.2) is 30.6 Å². The van der Waals surface area contributed by atoms with E-state index < -0.39 is 0 Å². The summed E-state index contributed by atoms with van der Waals surface area (Å²) < 4.78 is 15.5. The summed E-state index contributed by atoms with van der Waals surface area (Å²) in [5.41, 5.74) is 2.16. The first-order chi connectivity index (χ1) is 7.08. The van der Waals surface area contributed by atoms with Crippen LogP contribution in [0.1, 0.15) is 19.6 Å². The maximum atomic E-state index is 13.7. The predicted molar refractivity (Wildman–Crippen MR) is 58.5 cm³/mol. The molecule has 3 rings (SSSR count). The molecule has 0 saturated heterocycles. The minimum Gasteiger partial charge on any atom is -0.304 e. The number of rotatable bonds is 1. The number of halogens is 1. The summed E-state index contributed by atoms with van der Waals surface area (Å²) in [6, 6.07) is 1.57. The number of aryl methyl sites for hydroxylation is 1. The van der Waals surface area contributed by atoms with Gasteiger partial charge in [0.05, 0.1) is 5.69 Å². The molecular formula is C12H13FN2. The lowest BCUT2D eigenvalue weighted by molar-refractivity contribution is 0.623. The van der Waals surface area contributed by atoms with Gasteiger partial charge in [0.15, 0.2) is 11.5 Å².